The summed E-state index contributed by atoms with van der Waals surface area (Å²) in [7, 11) is 1.20. The van der Waals surface area contributed by atoms with E-state index in [1.54, 1.807) is 20.8 Å². The molecule has 0 N–H and O–H groups in total. The molecule has 0 radical (unpaired) electrons. The fourth-order valence-corrected chi connectivity index (χ4v) is 3.51. The lowest BCUT2D eigenvalue weighted by atomic mass is 9.63. The number of ether oxygens (including phenoxy) is 1. The molecule has 0 aliphatic heterocycles. The summed E-state index contributed by atoms with van der Waals surface area (Å²) >= 11 is 0. The first-order chi connectivity index (χ1) is 12.2. The molecule has 2 atom stereocenters. The zero-order chi connectivity index (χ0) is 19.5. The van der Waals surface area contributed by atoms with Crippen LogP contribution in [0.25, 0.3) is 0 Å². The van der Waals surface area contributed by atoms with Crippen LogP contribution in [0, 0.1) is 17.3 Å². The van der Waals surface area contributed by atoms with Crippen molar-refractivity contribution in [3.63, 3.8) is 0 Å². The molecule has 1 aliphatic carbocycles. The molecule has 140 valence electrons. The normalized spacial score (nSPS) is 22.0. The van der Waals surface area contributed by atoms with Crippen LogP contribution >= 0.6 is 0 Å². The third-order valence-corrected chi connectivity index (χ3v) is 4.90. The van der Waals surface area contributed by atoms with Crippen molar-refractivity contribution < 1.29 is 23.9 Å². The van der Waals surface area contributed by atoms with E-state index in [9.17, 15) is 19.2 Å². The Hall–Kier alpha value is -2.50. The van der Waals surface area contributed by atoms with Gasteiger partial charge in [-0.1, -0.05) is 44.2 Å². The first-order valence-electron chi connectivity index (χ1n) is 8.70. The summed E-state index contributed by atoms with van der Waals surface area (Å²) in [6, 6.07) is 9.35. The summed E-state index contributed by atoms with van der Waals surface area (Å²) < 4.78 is 4.75. The molecule has 1 aliphatic rings. The molecule has 0 heterocycles. The smallest absolute Gasteiger partial charge is 0.316 e. The lowest BCUT2D eigenvalue weighted by Gasteiger charge is -2.38. The summed E-state index contributed by atoms with van der Waals surface area (Å²) in [5.41, 5.74) is 0.0392. The number of hydrogen-bond donors (Lipinski definition) is 0. The Morgan fingerprint density at radius 1 is 1.19 bits per heavy atom. The molecule has 0 aromatic heterocycles. The molecule has 1 fully saturated rings. The predicted molar refractivity (Wildman–Crippen MR) is 94.9 cm³/mol. The number of benzene rings is 1. The van der Waals surface area contributed by atoms with Gasteiger partial charge in [-0.15, -0.1) is 0 Å². The third-order valence-electron chi connectivity index (χ3n) is 4.90. The molecular formula is C20H25NO5. The van der Waals surface area contributed by atoms with E-state index >= 15 is 0 Å². The number of hydrogen-bond acceptors (Lipinski definition) is 5. The average molecular weight is 359 g/mol. The van der Waals surface area contributed by atoms with Crippen molar-refractivity contribution in [3.05, 3.63) is 35.9 Å². The van der Waals surface area contributed by atoms with Gasteiger partial charge in [0, 0.05) is 19.5 Å². The Bertz CT molecular complexity index is 710. The van der Waals surface area contributed by atoms with Gasteiger partial charge in [-0.2, -0.15) is 0 Å². The van der Waals surface area contributed by atoms with Gasteiger partial charge >= 0.3 is 5.97 Å². The van der Waals surface area contributed by atoms with Crippen molar-refractivity contribution in [1.82, 2.24) is 4.90 Å². The van der Waals surface area contributed by atoms with Gasteiger partial charge < -0.3 is 9.64 Å². The summed E-state index contributed by atoms with van der Waals surface area (Å²) in [6.45, 7) is 5.80. The molecule has 0 spiro atoms. The van der Waals surface area contributed by atoms with Crippen molar-refractivity contribution in [2.75, 3.05) is 13.7 Å². The predicted octanol–water partition coefficient (Wildman–Crippen LogP) is 2.01. The number of rotatable bonds is 5. The van der Waals surface area contributed by atoms with Crippen LogP contribution < -0.4 is 0 Å². The second-order valence-electron chi connectivity index (χ2n) is 7.26. The van der Waals surface area contributed by atoms with Crippen molar-refractivity contribution in [3.8, 4) is 0 Å². The van der Waals surface area contributed by atoms with Crippen LogP contribution in [0.3, 0.4) is 0 Å². The fraction of sp³-hybridized carbons (Fsp3) is 0.500. The maximum absolute atomic E-state index is 13.0. The minimum Gasteiger partial charge on any atom is -0.468 e. The topological polar surface area (TPSA) is 80.8 Å². The molecule has 1 aromatic rings. The zero-order valence-electron chi connectivity index (χ0n) is 15.7. The lowest BCUT2D eigenvalue weighted by molar-refractivity contribution is -0.163. The van der Waals surface area contributed by atoms with Gasteiger partial charge in [0.25, 0.3) is 0 Å². The maximum Gasteiger partial charge on any atom is 0.316 e. The monoisotopic (exact) mass is 359 g/mol. The van der Waals surface area contributed by atoms with E-state index in [4.69, 9.17) is 4.74 Å². The van der Waals surface area contributed by atoms with Crippen LogP contribution in [-0.4, -0.2) is 42.0 Å². The van der Waals surface area contributed by atoms with Gasteiger partial charge in [0.05, 0.1) is 7.11 Å². The Morgan fingerprint density at radius 3 is 2.35 bits per heavy atom. The first-order valence-corrected chi connectivity index (χ1v) is 8.70. The Balaban J connectivity index is 2.29. The average Bonchev–Trinajstić information content (AvgIpc) is 2.58. The van der Waals surface area contributed by atoms with Gasteiger partial charge in [0.2, 0.25) is 5.91 Å². The van der Waals surface area contributed by atoms with Crippen LogP contribution in [-0.2, 0) is 30.5 Å². The molecule has 6 heteroatoms. The maximum atomic E-state index is 13.0. The van der Waals surface area contributed by atoms with Crippen molar-refractivity contribution in [2.24, 2.45) is 17.3 Å². The van der Waals surface area contributed by atoms with E-state index in [1.165, 1.54) is 12.0 Å². The molecule has 26 heavy (non-hydrogen) atoms. The Labute approximate surface area is 153 Å². The molecule has 0 saturated heterocycles. The highest BCUT2D eigenvalue weighted by molar-refractivity contribution is 6.24. The summed E-state index contributed by atoms with van der Waals surface area (Å²) in [4.78, 5) is 52.0. The van der Waals surface area contributed by atoms with Crippen LogP contribution in [0.5, 0.6) is 0 Å². The molecule has 1 amide bonds. The summed E-state index contributed by atoms with van der Waals surface area (Å²) in [5, 5.41) is 0. The van der Waals surface area contributed by atoms with Crippen molar-refractivity contribution in [1.29, 1.82) is 0 Å². The third kappa shape index (κ3) is 3.84. The van der Waals surface area contributed by atoms with Crippen LogP contribution in [0.4, 0.5) is 0 Å². The molecule has 6 nitrogen and oxygen atoms in total. The van der Waals surface area contributed by atoms with E-state index in [0.717, 1.165) is 5.56 Å². The van der Waals surface area contributed by atoms with Gasteiger partial charge in [0.15, 0.2) is 17.5 Å². The quantitative estimate of drug-likeness (QED) is 0.593. The molecule has 1 saturated carbocycles. The van der Waals surface area contributed by atoms with Gasteiger partial charge in [-0.05, 0) is 17.9 Å². The lowest BCUT2D eigenvalue weighted by Crippen LogP contribution is -2.54. The number of esters is 1. The van der Waals surface area contributed by atoms with E-state index in [-0.39, 0.29) is 6.42 Å². The van der Waals surface area contributed by atoms with Crippen LogP contribution in [0.1, 0.15) is 32.8 Å². The fourth-order valence-electron chi connectivity index (χ4n) is 3.51. The minimum absolute atomic E-state index is 0.0161. The number of carbonyl (C=O) groups is 4. The number of ketones is 2. The van der Waals surface area contributed by atoms with E-state index < -0.39 is 40.7 Å². The Kier molecular flexibility index (Phi) is 5.95. The molecular weight excluding hydrogens is 334 g/mol. The van der Waals surface area contributed by atoms with Crippen molar-refractivity contribution >= 4 is 23.4 Å². The van der Waals surface area contributed by atoms with Crippen LogP contribution in [0.2, 0.25) is 0 Å². The molecule has 0 bridgehead atoms. The zero-order valence-corrected chi connectivity index (χ0v) is 15.7. The second-order valence-corrected chi connectivity index (χ2v) is 7.26. The van der Waals surface area contributed by atoms with Crippen molar-refractivity contribution in [2.45, 2.75) is 33.7 Å². The highest BCUT2D eigenvalue weighted by atomic mass is 16.5. The second kappa shape index (κ2) is 7.81. The largest absolute Gasteiger partial charge is 0.468 e. The summed E-state index contributed by atoms with van der Waals surface area (Å²) in [5.74, 6) is -4.89. The number of Topliss-reactive ketones (excluding diaryl/α,β-unsaturated/α-hetero) is 2. The van der Waals surface area contributed by atoms with Gasteiger partial charge in [-0.3, -0.25) is 19.2 Å². The highest BCUT2D eigenvalue weighted by Gasteiger charge is 2.54. The van der Waals surface area contributed by atoms with Crippen LogP contribution in [0.15, 0.2) is 30.3 Å². The SMILES string of the molecule is CCN(Cc1ccccc1)C(=O)[C@@H]1C(=O)CC(C)(C)[C@H](C(=O)OC)C1=O. The van der Waals surface area contributed by atoms with Gasteiger partial charge in [0.1, 0.15) is 5.92 Å². The standard InChI is InChI=1S/C20H25NO5/c1-5-21(12-13-9-7-6-8-10-13)18(24)15-14(22)11-20(2,3)16(17(15)23)19(25)26-4/h6-10,15-16H,5,11-12H2,1-4H3/t15-,16+/m1/s1. The van der Waals surface area contributed by atoms with E-state index in [2.05, 4.69) is 0 Å². The molecule has 1 aromatic carbocycles. The minimum atomic E-state index is -1.43. The Morgan fingerprint density at radius 2 is 1.81 bits per heavy atom. The number of methoxy groups -OCH3 is 1. The number of carbonyl (C=O) groups excluding carboxylic acids is 4. The number of amides is 1. The number of nitrogens with zero attached hydrogens (tertiary/aromatic N) is 1. The summed E-state index contributed by atoms with van der Waals surface area (Å²) in [6.07, 6.45) is -0.0161. The molecule has 0 unspecified atom stereocenters. The molecule has 2 rings (SSSR count). The highest BCUT2D eigenvalue weighted by Crippen LogP contribution is 2.40. The van der Waals surface area contributed by atoms with E-state index in [1.807, 2.05) is 30.3 Å². The van der Waals surface area contributed by atoms with E-state index in [0.29, 0.717) is 13.1 Å². The van der Waals surface area contributed by atoms with Gasteiger partial charge in [-0.25, -0.2) is 0 Å². The first kappa shape index (κ1) is 19.8.